The van der Waals surface area contributed by atoms with Crippen LogP contribution >= 0.6 is 24.0 Å². The Morgan fingerprint density at radius 2 is 1.81 bits per heavy atom. The summed E-state index contributed by atoms with van der Waals surface area (Å²) in [6.45, 7) is 6.00. The lowest BCUT2D eigenvalue weighted by Gasteiger charge is -2.16. The van der Waals surface area contributed by atoms with Gasteiger partial charge >= 0.3 is 0 Å². The number of hydrogen-bond acceptors (Lipinski definition) is 4. The van der Waals surface area contributed by atoms with Crippen molar-refractivity contribution in [3.8, 4) is 0 Å². The summed E-state index contributed by atoms with van der Waals surface area (Å²) in [5.74, 6) is -0.565. The van der Waals surface area contributed by atoms with Gasteiger partial charge in [0.15, 0.2) is 4.32 Å². The minimum absolute atomic E-state index is 0.188. The van der Waals surface area contributed by atoms with Crippen LogP contribution in [0.4, 0.5) is 0 Å². The summed E-state index contributed by atoms with van der Waals surface area (Å²) >= 11 is 6.53. The first-order chi connectivity index (χ1) is 12.9. The molecule has 0 atom stereocenters. The van der Waals surface area contributed by atoms with E-state index in [1.54, 1.807) is 0 Å². The number of thioether (sulfide) groups is 1. The third-order valence-electron chi connectivity index (χ3n) is 4.49. The highest BCUT2D eigenvalue weighted by Gasteiger charge is 2.35. The van der Waals surface area contributed by atoms with E-state index in [9.17, 15) is 9.59 Å². The second kappa shape index (κ2) is 8.06. The van der Waals surface area contributed by atoms with Gasteiger partial charge in [-0.1, -0.05) is 60.3 Å². The predicted octanol–water partition coefficient (Wildman–Crippen LogP) is 4.17. The van der Waals surface area contributed by atoms with Crippen molar-refractivity contribution in [3.63, 3.8) is 0 Å². The lowest BCUT2D eigenvalue weighted by Crippen LogP contribution is -2.45. The number of hydrazine groups is 1. The average molecular weight is 397 g/mol. The zero-order chi connectivity index (χ0) is 19.6. The van der Waals surface area contributed by atoms with Crippen LogP contribution < -0.4 is 5.43 Å². The number of nitrogens with one attached hydrogen (secondary N) is 1. The van der Waals surface area contributed by atoms with Gasteiger partial charge in [0.05, 0.1) is 11.3 Å². The molecule has 1 N–H and O–H groups in total. The summed E-state index contributed by atoms with van der Waals surface area (Å²) in [5, 5.41) is 1.17. The minimum Gasteiger partial charge on any atom is -0.273 e. The fraction of sp³-hybridized carbons (Fsp3) is 0.190. The highest BCUT2D eigenvalue weighted by Crippen LogP contribution is 2.36. The molecule has 2 aromatic rings. The number of amides is 2. The maximum absolute atomic E-state index is 12.8. The Hall–Kier alpha value is -2.44. The molecule has 1 heterocycles. The first kappa shape index (κ1) is 19.3. The third-order valence-corrected chi connectivity index (χ3v) is 5.97. The van der Waals surface area contributed by atoms with E-state index in [0.29, 0.717) is 9.23 Å². The van der Waals surface area contributed by atoms with Gasteiger partial charge in [-0.25, -0.2) is 0 Å². The minimum atomic E-state index is -0.290. The molecule has 1 fully saturated rings. The lowest BCUT2D eigenvalue weighted by atomic mass is 10.0. The van der Waals surface area contributed by atoms with E-state index in [4.69, 9.17) is 12.2 Å². The quantitative estimate of drug-likeness (QED) is 0.623. The molecule has 0 saturated carbocycles. The maximum Gasteiger partial charge on any atom is 0.285 e. The molecular formula is C21H20N2O2S2. The number of carbonyl (C=O) groups excluding carboxylic acids is 2. The fourth-order valence-corrected chi connectivity index (χ4v) is 3.97. The van der Waals surface area contributed by atoms with Crippen LogP contribution in [0.15, 0.2) is 53.4 Å². The van der Waals surface area contributed by atoms with Crippen molar-refractivity contribution in [3.05, 3.63) is 75.7 Å². The van der Waals surface area contributed by atoms with Crippen molar-refractivity contribution in [2.24, 2.45) is 0 Å². The average Bonchev–Trinajstić information content (AvgIpc) is 2.92. The SMILES string of the molecule is C/C(=C1/SC(=S)N(NC(=O)Cc2ccccc2)C1=O)c1ccc(C)c(C)c1. The van der Waals surface area contributed by atoms with Crippen LogP contribution in [0.2, 0.25) is 0 Å². The van der Waals surface area contributed by atoms with Crippen LogP contribution in [-0.4, -0.2) is 21.1 Å². The second-order valence-electron chi connectivity index (χ2n) is 6.46. The summed E-state index contributed by atoms with van der Waals surface area (Å²) in [6.07, 6.45) is 0.188. The van der Waals surface area contributed by atoms with Crippen molar-refractivity contribution in [1.82, 2.24) is 10.4 Å². The first-order valence-electron chi connectivity index (χ1n) is 8.55. The van der Waals surface area contributed by atoms with E-state index in [2.05, 4.69) is 18.4 Å². The molecule has 2 aromatic carbocycles. The van der Waals surface area contributed by atoms with Crippen molar-refractivity contribution in [2.45, 2.75) is 27.2 Å². The maximum atomic E-state index is 12.8. The highest BCUT2D eigenvalue weighted by atomic mass is 32.2. The molecule has 0 unspecified atom stereocenters. The van der Waals surface area contributed by atoms with E-state index in [-0.39, 0.29) is 18.2 Å². The highest BCUT2D eigenvalue weighted by molar-refractivity contribution is 8.26. The lowest BCUT2D eigenvalue weighted by molar-refractivity contribution is -0.132. The van der Waals surface area contributed by atoms with Gasteiger partial charge in [0.2, 0.25) is 5.91 Å². The Kier molecular flexibility index (Phi) is 5.77. The third kappa shape index (κ3) is 4.28. The smallest absolute Gasteiger partial charge is 0.273 e. The van der Waals surface area contributed by atoms with Crippen molar-refractivity contribution < 1.29 is 9.59 Å². The number of carbonyl (C=O) groups is 2. The summed E-state index contributed by atoms with van der Waals surface area (Å²) < 4.78 is 0.333. The van der Waals surface area contributed by atoms with Gasteiger partial charge < -0.3 is 0 Å². The molecule has 3 rings (SSSR count). The second-order valence-corrected chi connectivity index (χ2v) is 8.10. The van der Waals surface area contributed by atoms with Gasteiger partial charge in [-0.2, -0.15) is 5.01 Å². The van der Waals surface area contributed by atoms with E-state index < -0.39 is 0 Å². The van der Waals surface area contributed by atoms with Crippen LogP contribution in [0.1, 0.15) is 29.2 Å². The summed E-state index contributed by atoms with van der Waals surface area (Å²) in [7, 11) is 0. The summed E-state index contributed by atoms with van der Waals surface area (Å²) in [6, 6.07) is 15.5. The van der Waals surface area contributed by atoms with Crippen molar-refractivity contribution in [2.75, 3.05) is 0 Å². The van der Waals surface area contributed by atoms with Crippen molar-refractivity contribution in [1.29, 1.82) is 0 Å². The van der Waals surface area contributed by atoms with Crippen LogP contribution in [-0.2, 0) is 16.0 Å². The van der Waals surface area contributed by atoms with E-state index in [1.165, 1.54) is 27.9 Å². The number of nitrogens with zero attached hydrogens (tertiary/aromatic N) is 1. The van der Waals surface area contributed by atoms with Crippen LogP contribution in [0, 0.1) is 13.8 Å². The largest absolute Gasteiger partial charge is 0.285 e. The van der Waals surface area contributed by atoms with E-state index in [1.807, 2.05) is 56.3 Å². The van der Waals surface area contributed by atoms with E-state index in [0.717, 1.165) is 16.7 Å². The monoisotopic (exact) mass is 396 g/mol. The van der Waals surface area contributed by atoms with Crippen LogP contribution in [0.25, 0.3) is 5.57 Å². The molecule has 0 aliphatic carbocycles. The number of allylic oxidation sites excluding steroid dienone is 1. The molecule has 1 saturated heterocycles. The molecule has 1 aliphatic rings. The van der Waals surface area contributed by atoms with Crippen LogP contribution in [0.3, 0.4) is 0 Å². The van der Waals surface area contributed by atoms with E-state index >= 15 is 0 Å². The number of aryl methyl sites for hydroxylation is 2. The number of thiocarbonyl (C=S) groups is 1. The Labute approximate surface area is 168 Å². The van der Waals surface area contributed by atoms with Gasteiger partial charge in [-0.05, 0) is 60.8 Å². The number of hydrogen-bond donors (Lipinski definition) is 1. The number of benzene rings is 2. The van der Waals surface area contributed by atoms with Gasteiger partial charge in [0, 0.05) is 0 Å². The molecule has 0 spiro atoms. The molecule has 1 aliphatic heterocycles. The normalized spacial score (nSPS) is 15.9. The van der Waals surface area contributed by atoms with Gasteiger partial charge in [-0.3, -0.25) is 15.0 Å². The Balaban J connectivity index is 1.78. The predicted molar refractivity (Wildman–Crippen MR) is 114 cm³/mol. The van der Waals surface area contributed by atoms with Gasteiger partial charge in [0.25, 0.3) is 5.91 Å². The molecule has 0 aromatic heterocycles. The summed E-state index contributed by atoms with van der Waals surface area (Å²) in [5.41, 5.74) is 7.71. The van der Waals surface area contributed by atoms with Gasteiger partial charge in [0.1, 0.15) is 0 Å². The molecular weight excluding hydrogens is 376 g/mol. The molecule has 0 bridgehead atoms. The van der Waals surface area contributed by atoms with Crippen LogP contribution in [0.5, 0.6) is 0 Å². The topological polar surface area (TPSA) is 49.4 Å². The zero-order valence-electron chi connectivity index (χ0n) is 15.4. The number of rotatable bonds is 4. The Morgan fingerprint density at radius 1 is 1.11 bits per heavy atom. The molecule has 27 heavy (non-hydrogen) atoms. The molecule has 6 heteroatoms. The van der Waals surface area contributed by atoms with Gasteiger partial charge in [-0.15, -0.1) is 0 Å². The molecule has 2 amide bonds. The Bertz CT molecular complexity index is 952. The fourth-order valence-electron chi connectivity index (χ4n) is 2.75. The standard InChI is InChI=1S/C21H20N2O2S2/c1-13-9-10-17(11-14(13)2)15(3)19-20(25)23(21(26)27-19)22-18(24)12-16-7-5-4-6-8-16/h4-11H,12H2,1-3H3,(H,22,24)/b19-15-. The zero-order valence-corrected chi connectivity index (χ0v) is 17.0. The molecule has 138 valence electrons. The molecule has 4 nitrogen and oxygen atoms in total. The Morgan fingerprint density at radius 3 is 2.48 bits per heavy atom. The summed E-state index contributed by atoms with van der Waals surface area (Å²) in [4.78, 5) is 25.7. The molecule has 0 radical (unpaired) electrons. The first-order valence-corrected chi connectivity index (χ1v) is 9.77. The van der Waals surface area contributed by atoms with Crippen molar-refractivity contribution >= 4 is 45.7 Å².